The Morgan fingerprint density at radius 1 is 1.44 bits per heavy atom. The lowest BCUT2D eigenvalue weighted by Gasteiger charge is -2.09. The van der Waals surface area contributed by atoms with Crippen LogP contribution in [0.15, 0.2) is 4.52 Å². The Balaban J connectivity index is 0.000000963. The van der Waals surface area contributed by atoms with Crippen LogP contribution in [0.4, 0.5) is 0 Å². The number of rotatable bonds is 2. The molecule has 3 heterocycles. The van der Waals surface area contributed by atoms with E-state index in [1.807, 2.05) is 6.92 Å². The largest absolute Gasteiger partial charge is 0.373 e. The van der Waals surface area contributed by atoms with Crippen LogP contribution in [0.5, 0.6) is 0 Å². The minimum Gasteiger partial charge on any atom is -0.373 e. The van der Waals surface area contributed by atoms with Crippen LogP contribution in [-0.2, 0) is 11.2 Å². The number of aryl methyl sites for hydroxylation is 1. The van der Waals surface area contributed by atoms with E-state index in [1.165, 1.54) is 0 Å². The standard InChI is InChI=1S/C10H15N3O2.ClH/c1-6-12-10(15-13-6)3-8-2-7-4-11-5-9(7)14-8;/h7-9,11H,2-5H2,1H3;1H/t7-,8+,9+;/m0./s1. The maximum absolute atomic E-state index is 5.91. The topological polar surface area (TPSA) is 60.2 Å². The van der Waals surface area contributed by atoms with Crippen molar-refractivity contribution >= 4 is 12.4 Å². The molecule has 5 nitrogen and oxygen atoms in total. The van der Waals surface area contributed by atoms with Crippen molar-refractivity contribution in [2.75, 3.05) is 13.1 Å². The summed E-state index contributed by atoms with van der Waals surface area (Å²) >= 11 is 0. The molecule has 90 valence electrons. The third-order valence-corrected chi connectivity index (χ3v) is 3.18. The molecule has 1 aromatic rings. The minimum atomic E-state index is 0. The molecule has 2 aliphatic heterocycles. The Bertz CT molecular complexity index is 346. The zero-order valence-electron chi connectivity index (χ0n) is 9.18. The van der Waals surface area contributed by atoms with Gasteiger partial charge in [-0.2, -0.15) is 4.98 Å². The molecule has 3 rings (SSSR count). The van der Waals surface area contributed by atoms with Crippen molar-refractivity contribution in [1.29, 1.82) is 0 Å². The summed E-state index contributed by atoms with van der Waals surface area (Å²) in [5.74, 6) is 2.08. The van der Waals surface area contributed by atoms with Gasteiger partial charge in [-0.15, -0.1) is 12.4 Å². The van der Waals surface area contributed by atoms with Crippen molar-refractivity contribution in [3.8, 4) is 0 Å². The number of nitrogens with one attached hydrogen (secondary N) is 1. The molecule has 6 heteroatoms. The summed E-state index contributed by atoms with van der Waals surface area (Å²) in [7, 11) is 0. The van der Waals surface area contributed by atoms with Gasteiger partial charge in [-0.05, 0) is 13.3 Å². The summed E-state index contributed by atoms with van der Waals surface area (Å²) in [6.45, 7) is 3.91. The lowest BCUT2D eigenvalue weighted by molar-refractivity contribution is 0.0442. The average Bonchev–Trinajstić information content (AvgIpc) is 2.81. The second-order valence-corrected chi connectivity index (χ2v) is 4.39. The van der Waals surface area contributed by atoms with Gasteiger partial charge in [0.15, 0.2) is 5.82 Å². The number of aromatic nitrogens is 2. The Hall–Kier alpha value is -0.650. The van der Waals surface area contributed by atoms with Crippen LogP contribution in [-0.4, -0.2) is 35.4 Å². The van der Waals surface area contributed by atoms with Gasteiger partial charge in [-0.3, -0.25) is 0 Å². The molecule has 2 fully saturated rings. The number of nitrogens with zero attached hydrogens (tertiary/aromatic N) is 2. The molecule has 0 saturated carbocycles. The quantitative estimate of drug-likeness (QED) is 0.832. The maximum atomic E-state index is 5.91. The van der Waals surface area contributed by atoms with E-state index in [-0.39, 0.29) is 18.5 Å². The average molecular weight is 246 g/mol. The fraction of sp³-hybridized carbons (Fsp3) is 0.800. The van der Waals surface area contributed by atoms with Crippen molar-refractivity contribution in [2.45, 2.75) is 32.0 Å². The highest BCUT2D eigenvalue weighted by Gasteiger charge is 2.38. The summed E-state index contributed by atoms with van der Waals surface area (Å²) < 4.78 is 11.0. The van der Waals surface area contributed by atoms with Crippen molar-refractivity contribution in [3.05, 3.63) is 11.7 Å². The zero-order chi connectivity index (χ0) is 10.3. The van der Waals surface area contributed by atoms with Gasteiger partial charge in [0.25, 0.3) is 0 Å². The number of hydrogen-bond donors (Lipinski definition) is 1. The molecule has 3 atom stereocenters. The molecule has 0 bridgehead atoms. The van der Waals surface area contributed by atoms with Crippen LogP contribution in [0.1, 0.15) is 18.1 Å². The van der Waals surface area contributed by atoms with Gasteiger partial charge in [0, 0.05) is 19.0 Å². The Kier molecular flexibility index (Phi) is 3.47. The summed E-state index contributed by atoms with van der Waals surface area (Å²) in [5.41, 5.74) is 0. The third kappa shape index (κ3) is 2.21. The number of halogens is 1. The first kappa shape index (κ1) is 11.8. The second-order valence-electron chi connectivity index (χ2n) is 4.39. The van der Waals surface area contributed by atoms with E-state index in [2.05, 4.69) is 15.5 Å². The molecule has 0 spiro atoms. The smallest absolute Gasteiger partial charge is 0.229 e. The van der Waals surface area contributed by atoms with E-state index in [9.17, 15) is 0 Å². The van der Waals surface area contributed by atoms with Gasteiger partial charge in [0.1, 0.15) is 0 Å². The predicted molar refractivity (Wildman–Crippen MR) is 59.6 cm³/mol. The lowest BCUT2D eigenvalue weighted by atomic mass is 10.0. The summed E-state index contributed by atoms with van der Waals surface area (Å²) in [5, 5.41) is 7.11. The van der Waals surface area contributed by atoms with Gasteiger partial charge in [-0.1, -0.05) is 5.16 Å². The van der Waals surface area contributed by atoms with E-state index in [1.54, 1.807) is 0 Å². The van der Waals surface area contributed by atoms with Gasteiger partial charge >= 0.3 is 0 Å². The summed E-state index contributed by atoms with van der Waals surface area (Å²) in [6, 6.07) is 0. The van der Waals surface area contributed by atoms with Gasteiger partial charge in [-0.25, -0.2) is 0 Å². The Morgan fingerprint density at radius 3 is 3.00 bits per heavy atom. The van der Waals surface area contributed by atoms with E-state index in [0.717, 1.165) is 25.9 Å². The van der Waals surface area contributed by atoms with Crippen molar-refractivity contribution < 1.29 is 9.26 Å². The van der Waals surface area contributed by atoms with Crippen LogP contribution >= 0.6 is 12.4 Å². The van der Waals surface area contributed by atoms with E-state index < -0.39 is 0 Å². The molecule has 2 saturated heterocycles. The maximum Gasteiger partial charge on any atom is 0.229 e. The SMILES string of the molecule is Cc1noc(C[C@H]2C[C@H]3CNC[C@H]3O2)n1.Cl. The van der Waals surface area contributed by atoms with Crippen molar-refractivity contribution in [2.24, 2.45) is 5.92 Å². The fourth-order valence-corrected chi connectivity index (χ4v) is 2.49. The van der Waals surface area contributed by atoms with E-state index in [0.29, 0.717) is 23.7 Å². The monoisotopic (exact) mass is 245 g/mol. The minimum absolute atomic E-state index is 0. The van der Waals surface area contributed by atoms with E-state index in [4.69, 9.17) is 9.26 Å². The molecular weight excluding hydrogens is 230 g/mol. The zero-order valence-corrected chi connectivity index (χ0v) is 10.00. The highest BCUT2D eigenvalue weighted by atomic mass is 35.5. The van der Waals surface area contributed by atoms with Crippen LogP contribution in [0.25, 0.3) is 0 Å². The highest BCUT2D eigenvalue weighted by Crippen LogP contribution is 2.30. The van der Waals surface area contributed by atoms with Crippen molar-refractivity contribution in [1.82, 2.24) is 15.5 Å². The van der Waals surface area contributed by atoms with Crippen LogP contribution in [0.3, 0.4) is 0 Å². The Morgan fingerprint density at radius 2 is 2.31 bits per heavy atom. The normalized spacial score (nSPS) is 32.4. The Labute approximate surface area is 100 Å². The number of hydrogen-bond acceptors (Lipinski definition) is 5. The predicted octanol–water partition coefficient (Wildman–Crippen LogP) is 0.719. The fourth-order valence-electron chi connectivity index (χ4n) is 2.49. The first-order valence-electron chi connectivity index (χ1n) is 5.46. The summed E-state index contributed by atoms with van der Waals surface area (Å²) in [6.07, 6.45) is 2.54. The van der Waals surface area contributed by atoms with Gasteiger partial charge in [0.05, 0.1) is 18.6 Å². The molecule has 0 aromatic carbocycles. The highest BCUT2D eigenvalue weighted by molar-refractivity contribution is 5.85. The molecule has 0 radical (unpaired) electrons. The molecule has 0 unspecified atom stereocenters. The molecule has 2 aliphatic rings. The first-order chi connectivity index (χ1) is 7.31. The molecule has 1 N–H and O–H groups in total. The van der Waals surface area contributed by atoms with Crippen LogP contribution in [0.2, 0.25) is 0 Å². The summed E-state index contributed by atoms with van der Waals surface area (Å²) in [4.78, 5) is 4.19. The molecular formula is C10H16ClN3O2. The number of fused-ring (bicyclic) bond motifs is 1. The third-order valence-electron chi connectivity index (χ3n) is 3.18. The van der Waals surface area contributed by atoms with Gasteiger partial charge < -0.3 is 14.6 Å². The van der Waals surface area contributed by atoms with Crippen LogP contribution < -0.4 is 5.32 Å². The number of ether oxygens (including phenoxy) is 1. The lowest BCUT2D eigenvalue weighted by Crippen LogP contribution is -2.20. The second kappa shape index (κ2) is 4.69. The molecule has 0 aliphatic carbocycles. The van der Waals surface area contributed by atoms with Crippen LogP contribution in [0, 0.1) is 12.8 Å². The van der Waals surface area contributed by atoms with E-state index >= 15 is 0 Å². The molecule has 1 aromatic heterocycles. The van der Waals surface area contributed by atoms with Gasteiger partial charge in [0.2, 0.25) is 5.89 Å². The molecule has 16 heavy (non-hydrogen) atoms. The van der Waals surface area contributed by atoms with Crippen molar-refractivity contribution in [3.63, 3.8) is 0 Å². The molecule has 0 amide bonds. The first-order valence-corrected chi connectivity index (χ1v) is 5.46.